The minimum absolute atomic E-state index is 0. The fourth-order valence-corrected chi connectivity index (χ4v) is 3.88. The van der Waals surface area contributed by atoms with Gasteiger partial charge in [-0.3, -0.25) is 4.99 Å². The molecule has 1 spiro atoms. The van der Waals surface area contributed by atoms with Crippen LogP contribution in [0.5, 0.6) is 0 Å². The topological polar surface area (TPSA) is 45.5 Å². The molecular formula is C16H28IN5. The number of rotatable bonds is 2. The van der Waals surface area contributed by atoms with Crippen molar-refractivity contribution in [2.75, 3.05) is 20.1 Å². The van der Waals surface area contributed by atoms with Crippen LogP contribution < -0.4 is 5.32 Å². The zero-order chi connectivity index (χ0) is 14.7. The fourth-order valence-electron chi connectivity index (χ4n) is 3.88. The molecule has 5 nitrogen and oxygen atoms in total. The van der Waals surface area contributed by atoms with Crippen molar-refractivity contribution < 1.29 is 0 Å². The van der Waals surface area contributed by atoms with Gasteiger partial charge in [-0.25, -0.2) is 4.98 Å². The van der Waals surface area contributed by atoms with Crippen molar-refractivity contribution in [1.82, 2.24) is 19.8 Å². The normalized spacial score (nSPS) is 21.0. The van der Waals surface area contributed by atoms with Gasteiger partial charge in [0.15, 0.2) is 5.96 Å². The molecule has 0 unspecified atom stereocenters. The summed E-state index contributed by atoms with van der Waals surface area (Å²) in [5, 5.41) is 3.47. The summed E-state index contributed by atoms with van der Waals surface area (Å²) in [6, 6.07) is 0. The molecule has 0 amide bonds. The maximum atomic E-state index is 4.47. The Morgan fingerprint density at radius 2 is 2.09 bits per heavy atom. The molecule has 2 heterocycles. The minimum Gasteiger partial charge on any atom is -0.349 e. The average molecular weight is 417 g/mol. The molecule has 1 saturated heterocycles. The molecule has 1 saturated carbocycles. The van der Waals surface area contributed by atoms with E-state index in [1.54, 1.807) is 0 Å². The summed E-state index contributed by atoms with van der Waals surface area (Å²) in [7, 11) is 3.91. The summed E-state index contributed by atoms with van der Waals surface area (Å²) >= 11 is 0. The van der Waals surface area contributed by atoms with E-state index >= 15 is 0 Å². The number of hydrogen-bond donors (Lipinski definition) is 1. The third kappa shape index (κ3) is 3.75. The average Bonchev–Trinajstić information content (AvgIpc) is 3.08. The summed E-state index contributed by atoms with van der Waals surface area (Å²) in [5.74, 6) is 2.07. The molecule has 1 aliphatic carbocycles. The number of imidazole rings is 1. The van der Waals surface area contributed by atoms with E-state index in [-0.39, 0.29) is 24.0 Å². The van der Waals surface area contributed by atoms with Crippen LogP contribution in [0.4, 0.5) is 0 Å². The van der Waals surface area contributed by atoms with Crippen LogP contribution in [0.3, 0.4) is 0 Å². The molecule has 1 aromatic heterocycles. The maximum Gasteiger partial charge on any atom is 0.194 e. The number of nitrogens with one attached hydrogen (secondary N) is 1. The minimum atomic E-state index is 0. The Hall–Kier alpha value is -0.790. The second-order valence-corrected chi connectivity index (χ2v) is 6.59. The van der Waals surface area contributed by atoms with E-state index in [0.29, 0.717) is 5.41 Å². The number of nitrogens with zero attached hydrogens (tertiary/aromatic N) is 4. The molecular weight excluding hydrogens is 389 g/mol. The molecule has 0 bridgehead atoms. The number of aromatic nitrogens is 2. The van der Waals surface area contributed by atoms with Crippen molar-refractivity contribution in [3.8, 4) is 0 Å². The lowest BCUT2D eigenvalue weighted by Gasteiger charge is -2.33. The molecule has 2 fully saturated rings. The molecule has 0 atom stereocenters. The van der Waals surface area contributed by atoms with Crippen molar-refractivity contribution in [1.29, 1.82) is 0 Å². The highest BCUT2D eigenvalue weighted by Crippen LogP contribution is 2.43. The molecule has 3 rings (SSSR count). The van der Waals surface area contributed by atoms with Crippen molar-refractivity contribution in [3.63, 3.8) is 0 Å². The monoisotopic (exact) mass is 417 g/mol. The van der Waals surface area contributed by atoms with E-state index < -0.39 is 0 Å². The van der Waals surface area contributed by atoms with Crippen molar-refractivity contribution in [3.05, 3.63) is 18.2 Å². The largest absolute Gasteiger partial charge is 0.349 e. The van der Waals surface area contributed by atoms with Crippen molar-refractivity contribution >= 4 is 29.9 Å². The molecule has 0 radical (unpaired) electrons. The van der Waals surface area contributed by atoms with Gasteiger partial charge < -0.3 is 14.8 Å². The Morgan fingerprint density at radius 1 is 1.32 bits per heavy atom. The molecule has 22 heavy (non-hydrogen) atoms. The zero-order valence-corrected chi connectivity index (χ0v) is 16.0. The highest BCUT2D eigenvalue weighted by atomic mass is 127. The highest BCUT2D eigenvalue weighted by molar-refractivity contribution is 14.0. The molecule has 0 aromatic carbocycles. The fraction of sp³-hybridized carbons (Fsp3) is 0.750. The van der Waals surface area contributed by atoms with Gasteiger partial charge in [-0.05, 0) is 24.7 Å². The summed E-state index contributed by atoms with van der Waals surface area (Å²) < 4.78 is 2.05. The number of aliphatic imine (C=N–C) groups is 1. The standard InChI is InChI=1S/C16H27N5.HI/c1-17-15(19-12-14-18-9-11-20(14)2)21-10-8-16(13-21)6-4-3-5-7-16;/h9,11H,3-8,10,12-13H2,1-2H3,(H,17,19);1H. The van der Waals surface area contributed by atoms with Gasteiger partial charge in [0.05, 0.1) is 6.54 Å². The third-order valence-corrected chi connectivity index (χ3v) is 5.19. The third-order valence-electron chi connectivity index (χ3n) is 5.19. The summed E-state index contributed by atoms with van der Waals surface area (Å²) in [5.41, 5.74) is 0.569. The molecule has 1 aliphatic heterocycles. The Labute approximate surface area is 150 Å². The second kappa shape index (κ2) is 7.66. The van der Waals surface area contributed by atoms with Crippen LogP contribution >= 0.6 is 24.0 Å². The number of guanidine groups is 1. The summed E-state index contributed by atoms with van der Waals surface area (Å²) in [6.45, 7) is 3.05. The highest BCUT2D eigenvalue weighted by Gasteiger charge is 2.39. The zero-order valence-electron chi connectivity index (χ0n) is 13.7. The van der Waals surface area contributed by atoms with Crippen LogP contribution in [0.15, 0.2) is 17.4 Å². The van der Waals surface area contributed by atoms with Crippen LogP contribution in [-0.4, -0.2) is 40.5 Å². The van der Waals surface area contributed by atoms with Gasteiger partial charge in [0.2, 0.25) is 0 Å². The van der Waals surface area contributed by atoms with Gasteiger partial charge in [0, 0.05) is 39.6 Å². The SMILES string of the molecule is CN=C(NCc1nccn1C)N1CCC2(CCCCC2)C1.I. The molecule has 124 valence electrons. The first-order chi connectivity index (χ1) is 10.2. The van der Waals surface area contributed by atoms with E-state index in [4.69, 9.17) is 0 Å². The number of halogens is 1. The first-order valence-electron chi connectivity index (χ1n) is 8.14. The first-order valence-corrected chi connectivity index (χ1v) is 8.14. The van der Waals surface area contributed by atoms with Crippen LogP contribution in [-0.2, 0) is 13.6 Å². The van der Waals surface area contributed by atoms with Gasteiger partial charge >= 0.3 is 0 Å². The predicted octanol–water partition coefficient (Wildman–Crippen LogP) is 2.77. The first kappa shape index (κ1) is 17.6. The lowest BCUT2D eigenvalue weighted by molar-refractivity contribution is 0.203. The molecule has 1 N–H and O–H groups in total. The van der Waals surface area contributed by atoms with E-state index in [1.807, 2.05) is 31.1 Å². The van der Waals surface area contributed by atoms with Gasteiger partial charge in [0.1, 0.15) is 5.82 Å². The van der Waals surface area contributed by atoms with E-state index in [2.05, 4.69) is 20.2 Å². The lowest BCUT2D eigenvalue weighted by atomic mass is 9.73. The van der Waals surface area contributed by atoms with Crippen LogP contribution in [0, 0.1) is 5.41 Å². The number of hydrogen-bond acceptors (Lipinski definition) is 2. The van der Waals surface area contributed by atoms with E-state index in [1.165, 1.54) is 45.1 Å². The number of aryl methyl sites for hydroxylation is 1. The van der Waals surface area contributed by atoms with Crippen molar-refractivity contribution in [2.45, 2.75) is 45.1 Å². The maximum absolute atomic E-state index is 4.47. The number of likely N-dealkylation sites (tertiary alicyclic amines) is 1. The summed E-state index contributed by atoms with van der Waals surface area (Å²) in [6.07, 6.45) is 12.2. The Morgan fingerprint density at radius 3 is 2.73 bits per heavy atom. The molecule has 2 aliphatic rings. The Balaban J connectivity index is 0.00000176. The lowest BCUT2D eigenvalue weighted by Crippen LogP contribution is -2.41. The van der Waals surface area contributed by atoms with Gasteiger partial charge in [-0.15, -0.1) is 24.0 Å². The van der Waals surface area contributed by atoms with Gasteiger partial charge in [0.25, 0.3) is 0 Å². The van der Waals surface area contributed by atoms with Crippen LogP contribution in [0.25, 0.3) is 0 Å². The van der Waals surface area contributed by atoms with Gasteiger partial charge in [-0.2, -0.15) is 0 Å². The van der Waals surface area contributed by atoms with E-state index in [9.17, 15) is 0 Å². The summed E-state index contributed by atoms with van der Waals surface area (Å²) in [4.78, 5) is 11.3. The van der Waals surface area contributed by atoms with Crippen LogP contribution in [0.1, 0.15) is 44.3 Å². The van der Waals surface area contributed by atoms with Gasteiger partial charge in [-0.1, -0.05) is 19.3 Å². The smallest absolute Gasteiger partial charge is 0.194 e. The molecule has 6 heteroatoms. The Bertz CT molecular complexity index is 504. The van der Waals surface area contributed by atoms with Crippen LogP contribution in [0.2, 0.25) is 0 Å². The predicted molar refractivity (Wildman–Crippen MR) is 101 cm³/mol. The molecule has 1 aromatic rings. The Kier molecular flexibility index (Phi) is 6.11. The quantitative estimate of drug-likeness (QED) is 0.457. The van der Waals surface area contributed by atoms with E-state index in [0.717, 1.165) is 24.9 Å². The van der Waals surface area contributed by atoms with Crippen molar-refractivity contribution in [2.24, 2.45) is 17.5 Å². The second-order valence-electron chi connectivity index (χ2n) is 6.59.